The fraction of sp³-hybridized carbons (Fsp3) is 0.125. The van der Waals surface area contributed by atoms with Gasteiger partial charge in [-0.2, -0.15) is 0 Å². The van der Waals surface area contributed by atoms with Crippen LogP contribution in [0.3, 0.4) is 0 Å². The Labute approximate surface area is 118 Å². The zero-order chi connectivity index (χ0) is 12.5. The molecule has 3 aromatic rings. The van der Waals surface area contributed by atoms with E-state index in [0.29, 0.717) is 0 Å². The number of hydrogen-bond acceptors (Lipinski definition) is 2. The monoisotopic (exact) mass is 273 g/mol. The molecule has 0 bridgehead atoms. The van der Waals surface area contributed by atoms with Crippen molar-refractivity contribution in [1.29, 1.82) is 0 Å². The number of nitrogens with two attached hydrogens (primary N) is 1. The van der Waals surface area contributed by atoms with Crippen molar-refractivity contribution in [2.45, 2.75) is 6.04 Å². The van der Waals surface area contributed by atoms with Crippen molar-refractivity contribution in [2.24, 2.45) is 5.73 Å². The summed E-state index contributed by atoms with van der Waals surface area (Å²) in [4.78, 5) is 0. The van der Waals surface area contributed by atoms with Gasteiger partial charge in [-0.1, -0.05) is 48.5 Å². The molecule has 0 radical (unpaired) electrons. The highest BCUT2D eigenvalue weighted by Gasteiger charge is 2.13. The highest BCUT2D eigenvalue weighted by Crippen LogP contribution is 2.31. The van der Waals surface area contributed by atoms with E-state index in [2.05, 4.69) is 30.3 Å². The molecule has 0 saturated heterocycles. The first kappa shape index (κ1) is 13.8. The smallest absolute Gasteiger partial charge is 0.0624 e. The van der Waals surface area contributed by atoms with E-state index in [1.165, 1.54) is 0 Å². The summed E-state index contributed by atoms with van der Waals surface area (Å²) in [6.45, 7) is -0.0436. The predicted molar refractivity (Wildman–Crippen MR) is 82.7 cm³/mol. The normalized spacial score (nSPS) is 12.3. The van der Waals surface area contributed by atoms with E-state index in [9.17, 15) is 5.11 Å². The molecule has 0 heterocycles. The van der Waals surface area contributed by atoms with Gasteiger partial charge >= 0.3 is 0 Å². The van der Waals surface area contributed by atoms with Crippen molar-refractivity contribution in [3.05, 3.63) is 60.2 Å². The Balaban J connectivity index is 0.00000133. The van der Waals surface area contributed by atoms with E-state index in [0.717, 1.165) is 27.1 Å². The molecule has 0 spiro atoms. The second-order valence-corrected chi connectivity index (χ2v) is 4.52. The number of aliphatic hydroxyl groups is 1. The highest BCUT2D eigenvalue weighted by molar-refractivity contribution is 6.02. The molecule has 3 heteroatoms. The fourth-order valence-corrected chi connectivity index (χ4v) is 2.54. The van der Waals surface area contributed by atoms with Gasteiger partial charge in [0, 0.05) is 0 Å². The topological polar surface area (TPSA) is 46.2 Å². The second-order valence-electron chi connectivity index (χ2n) is 4.52. The molecule has 3 aromatic carbocycles. The lowest BCUT2D eigenvalue weighted by molar-refractivity contribution is 0.269. The molecule has 0 aliphatic carbocycles. The summed E-state index contributed by atoms with van der Waals surface area (Å²) in [5, 5.41) is 14.0. The number of halogens is 1. The van der Waals surface area contributed by atoms with Gasteiger partial charge in [0.2, 0.25) is 0 Å². The van der Waals surface area contributed by atoms with Crippen molar-refractivity contribution in [3.8, 4) is 0 Å². The zero-order valence-corrected chi connectivity index (χ0v) is 11.2. The average Bonchev–Trinajstić information content (AvgIpc) is 2.44. The van der Waals surface area contributed by atoms with Crippen LogP contribution in [0.4, 0.5) is 0 Å². The number of rotatable bonds is 2. The van der Waals surface area contributed by atoms with E-state index >= 15 is 0 Å². The zero-order valence-electron chi connectivity index (χ0n) is 10.4. The van der Waals surface area contributed by atoms with E-state index in [-0.39, 0.29) is 25.1 Å². The van der Waals surface area contributed by atoms with Crippen LogP contribution in [0.1, 0.15) is 11.6 Å². The van der Waals surface area contributed by atoms with Gasteiger partial charge in [-0.05, 0) is 33.2 Å². The highest BCUT2D eigenvalue weighted by atomic mass is 35.5. The van der Waals surface area contributed by atoms with Crippen LogP contribution in [0, 0.1) is 0 Å². The van der Waals surface area contributed by atoms with Gasteiger partial charge in [0.25, 0.3) is 0 Å². The number of aliphatic hydroxyl groups excluding tert-OH is 1. The Morgan fingerprint density at radius 1 is 0.895 bits per heavy atom. The first-order chi connectivity index (χ1) is 8.81. The SMILES string of the molecule is Cl.NC(CO)c1c2ccccc2cc2ccccc12. The lowest BCUT2D eigenvalue weighted by Gasteiger charge is -2.16. The molecule has 1 atom stereocenters. The first-order valence-corrected chi connectivity index (χ1v) is 6.08. The molecule has 3 rings (SSSR count). The summed E-state index contributed by atoms with van der Waals surface area (Å²) < 4.78 is 0. The lowest BCUT2D eigenvalue weighted by Crippen LogP contribution is -2.15. The van der Waals surface area contributed by atoms with Gasteiger partial charge < -0.3 is 10.8 Å². The van der Waals surface area contributed by atoms with Crippen molar-refractivity contribution >= 4 is 34.0 Å². The first-order valence-electron chi connectivity index (χ1n) is 6.08. The van der Waals surface area contributed by atoms with Crippen LogP contribution in [-0.2, 0) is 0 Å². The minimum absolute atomic E-state index is 0. The van der Waals surface area contributed by atoms with E-state index in [4.69, 9.17) is 5.73 Å². The van der Waals surface area contributed by atoms with Crippen LogP contribution in [0.25, 0.3) is 21.5 Å². The Bertz CT molecular complexity index is 657. The molecule has 1 unspecified atom stereocenters. The largest absolute Gasteiger partial charge is 0.394 e. The molecular weight excluding hydrogens is 258 g/mol. The average molecular weight is 274 g/mol. The molecule has 0 fully saturated rings. The number of fused-ring (bicyclic) bond motifs is 2. The minimum Gasteiger partial charge on any atom is -0.394 e. The van der Waals surface area contributed by atoms with Crippen LogP contribution in [0.2, 0.25) is 0 Å². The molecule has 3 N–H and O–H groups in total. The van der Waals surface area contributed by atoms with Gasteiger partial charge in [0.15, 0.2) is 0 Å². The second kappa shape index (κ2) is 5.57. The molecule has 0 aliphatic rings. The van der Waals surface area contributed by atoms with Crippen molar-refractivity contribution in [3.63, 3.8) is 0 Å². The lowest BCUT2D eigenvalue weighted by atomic mass is 9.93. The van der Waals surface area contributed by atoms with Crippen LogP contribution >= 0.6 is 12.4 Å². The molecule has 19 heavy (non-hydrogen) atoms. The van der Waals surface area contributed by atoms with Gasteiger partial charge in [-0.25, -0.2) is 0 Å². The third kappa shape index (κ3) is 2.30. The molecule has 0 amide bonds. The molecule has 0 saturated carbocycles. The summed E-state index contributed by atoms with van der Waals surface area (Å²) in [6, 6.07) is 18.1. The van der Waals surface area contributed by atoms with E-state index in [1.54, 1.807) is 0 Å². The molecule has 0 aromatic heterocycles. The number of hydrogen-bond donors (Lipinski definition) is 2. The summed E-state index contributed by atoms with van der Waals surface area (Å²) in [6.07, 6.45) is 0. The molecule has 0 aliphatic heterocycles. The molecular formula is C16H16ClNO. The van der Waals surface area contributed by atoms with Crippen LogP contribution in [0.15, 0.2) is 54.6 Å². The fourth-order valence-electron chi connectivity index (χ4n) is 2.54. The third-order valence-corrected chi connectivity index (χ3v) is 3.38. The Kier molecular flexibility index (Phi) is 4.05. The summed E-state index contributed by atoms with van der Waals surface area (Å²) in [5.41, 5.74) is 7.11. The van der Waals surface area contributed by atoms with Crippen LogP contribution < -0.4 is 5.73 Å². The Hall–Kier alpha value is -1.61. The number of benzene rings is 3. The van der Waals surface area contributed by atoms with Gasteiger partial charge in [0.1, 0.15) is 0 Å². The van der Waals surface area contributed by atoms with E-state index < -0.39 is 0 Å². The van der Waals surface area contributed by atoms with Crippen molar-refractivity contribution in [2.75, 3.05) is 6.61 Å². The van der Waals surface area contributed by atoms with Gasteiger partial charge in [-0.15, -0.1) is 12.4 Å². The molecule has 2 nitrogen and oxygen atoms in total. The Morgan fingerprint density at radius 2 is 1.37 bits per heavy atom. The summed E-state index contributed by atoms with van der Waals surface area (Å²) in [7, 11) is 0. The maximum absolute atomic E-state index is 9.38. The minimum atomic E-state index is -0.346. The van der Waals surface area contributed by atoms with Gasteiger partial charge in [-0.3, -0.25) is 0 Å². The van der Waals surface area contributed by atoms with Crippen molar-refractivity contribution in [1.82, 2.24) is 0 Å². The predicted octanol–water partition coefficient (Wildman–Crippen LogP) is 3.41. The van der Waals surface area contributed by atoms with Crippen molar-refractivity contribution < 1.29 is 5.11 Å². The quantitative estimate of drug-likeness (QED) is 0.703. The van der Waals surface area contributed by atoms with Crippen LogP contribution in [0.5, 0.6) is 0 Å². The van der Waals surface area contributed by atoms with Crippen LogP contribution in [-0.4, -0.2) is 11.7 Å². The third-order valence-electron chi connectivity index (χ3n) is 3.38. The van der Waals surface area contributed by atoms with E-state index in [1.807, 2.05) is 24.3 Å². The Morgan fingerprint density at radius 3 is 1.84 bits per heavy atom. The summed E-state index contributed by atoms with van der Waals surface area (Å²) >= 11 is 0. The van der Waals surface area contributed by atoms with Gasteiger partial charge in [0.05, 0.1) is 12.6 Å². The maximum Gasteiger partial charge on any atom is 0.0624 e. The standard InChI is InChI=1S/C16H15NO.ClH/c17-15(10-18)16-13-7-3-1-5-11(13)9-12-6-2-4-8-14(12)16;/h1-9,15,18H,10,17H2;1H. The summed E-state index contributed by atoms with van der Waals surface area (Å²) in [5.74, 6) is 0. The maximum atomic E-state index is 9.38. The molecule has 98 valence electrons.